The van der Waals surface area contributed by atoms with Crippen LogP contribution in [0, 0.1) is 0 Å². The molecular weight excluding hydrogens is 512 g/mol. The van der Waals surface area contributed by atoms with Gasteiger partial charge in [-0.15, -0.1) is 0 Å². The number of fused-ring (bicyclic) bond motifs is 6. The van der Waals surface area contributed by atoms with Crippen LogP contribution in [0.2, 0.25) is 0 Å². The molecule has 186 valence electrons. The summed E-state index contributed by atoms with van der Waals surface area (Å²) in [6.45, 7) is 0.500. The Labute approximate surface area is 222 Å². The number of aromatic amines is 2. The molecule has 2 aliphatic rings. The van der Waals surface area contributed by atoms with E-state index >= 15 is 0 Å². The van der Waals surface area contributed by atoms with E-state index in [1.807, 2.05) is 0 Å². The minimum absolute atomic E-state index is 0.0311. The van der Waals surface area contributed by atoms with Crippen molar-refractivity contribution >= 4 is 40.2 Å². The molecule has 5 aromatic rings. The number of nitrogens with one attached hydrogen (secondary N) is 2. The highest BCUT2D eigenvalue weighted by Gasteiger charge is 2.21. The van der Waals surface area contributed by atoms with E-state index in [0.717, 1.165) is 69.7 Å². The summed E-state index contributed by atoms with van der Waals surface area (Å²) in [5, 5.41) is 0. The molecule has 0 saturated heterocycles. The molecule has 3 heterocycles. The highest BCUT2D eigenvalue weighted by atomic mass is 31.1. The summed E-state index contributed by atoms with van der Waals surface area (Å²) in [6, 6.07) is 23.5. The minimum Gasteiger partial charge on any atom is -0.488 e. The fraction of sp³-hybridized carbons (Fsp3) is 0.100. The van der Waals surface area contributed by atoms with Gasteiger partial charge in [-0.05, 0) is 78.6 Å². The Balaban J connectivity index is 1.18. The van der Waals surface area contributed by atoms with Crippen LogP contribution in [0.25, 0.3) is 44.8 Å². The predicted molar refractivity (Wildman–Crippen MR) is 156 cm³/mol. The summed E-state index contributed by atoms with van der Waals surface area (Å²) < 4.78 is 6.23. The molecule has 2 aromatic heterocycles. The number of hydrogen-bond donors (Lipinski definition) is 2. The van der Waals surface area contributed by atoms with Gasteiger partial charge in [-0.1, -0.05) is 42.5 Å². The van der Waals surface area contributed by atoms with Crippen LogP contribution in [0.3, 0.4) is 0 Å². The fourth-order valence-electron chi connectivity index (χ4n) is 5.51. The first-order chi connectivity index (χ1) is 18.7. The largest absolute Gasteiger partial charge is 0.488 e. The number of ether oxygens (including phenoxy) is 1. The Morgan fingerprint density at radius 3 is 2.34 bits per heavy atom. The van der Waals surface area contributed by atoms with Gasteiger partial charge in [0.15, 0.2) is 0 Å². The molecule has 0 radical (unpaired) electrons. The Morgan fingerprint density at radius 1 is 0.737 bits per heavy atom. The number of imidazole rings is 1. The number of aromatic nitrogens is 3. The predicted octanol–water partition coefficient (Wildman–Crippen LogP) is 5.38. The molecule has 38 heavy (non-hydrogen) atoms. The van der Waals surface area contributed by atoms with Gasteiger partial charge >= 0.3 is 0 Å². The molecule has 2 N–H and O–H groups in total. The molecule has 0 spiro atoms. The topological polar surface area (TPSA) is 87.8 Å². The number of aryl methyl sites for hydroxylation is 2. The van der Waals surface area contributed by atoms with Gasteiger partial charge in [0.25, 0.3) is 0 Å². The van der Waals surface area contributed by atoms with Gasteiger partial charge < -0.3 is 14.7 Å². The lowest BCUT2D eigenvalue weighted by Crippen LogP contribution is -2.06. The highest BCUT2D eigenvalue weighted by Crippen LogP contribution is 2.42. The molecular formula is C30H23N3O3P2. The Hall–Kier alpha value is -3.85. The second-order valence-electron chi connectivity index (χ2n) is 9.50. The van der Waals surface area contributed by atoms with E-state index in [9.17, 15) is 9.59 Å². The number of carbonyl (C=O) groups excluding carboxylic acids is 2. The van der Waals surface area contributed by atoms with Crippen LogP contribution in [0.4, 0.5) is 0 Å². The smallest absolute Gasteiger partial charge is 0.146 e. The average Bonchev–Trinajstić information content (AvgIpc) is 3.59. The molecule has 7 rings (SSSR count). The van der Waals surface area contributed by atoms with E-state index in [-0.39, 0.29) is 17.2 Å². The van der Waals surface area contributed by atoms with Crippen LogP contribution in [0.1, 0.15) is 16.7 Å². The zero-order valence-corrected chi connectivity index (χ0v) is 22.3. The molecule has 6 nitrogen and oxygen atoms in total. The quantitative estimate of drug-likeness (QED) is 0.226. The Kier molecular flexibility index (Phi) is 5.80. The van der Waals surface area contributed by atoms with E-state index in [2.05, 4.69) is 75.6 Å². The van der Waals surface area contributed by atoms with Crippen molar-refractivity contribution in [2.45, 2.75) is 19.4 Å². The van der Waals surface area contributed by atoms with Crippen molar-refractivity contribution in [1.29, 1.82) is 0 Å². The van der Waals surface area contributed by atoms with Crippen LogP contribution < -0.4 is 15.7 Å². The third kappa shape index (κ3) is 4.01. The minimum atomic E-state index is 0.0311. The first kappa shape index (κ1) is 23.3. The maximum Gasteiger partial charge on any atom is 0.146 e. The van der Waals surface area contributed by atoms with Crippen molar-refractivity contribution in [1.82, 2.24) is 15.0 Å². The van der Waals surface area contributed by atoms with Crippen molar-refractivity contribution in [2.24, 2.45) is 0 Å². The lowest BCUT2D eigenvalue weighted by Gasteiger charge is -2.23. The number of rotatable bonds is 6. The zero-order chi connectivity index (χ0) is 25.6. The fourth-order valence-corrected chi connectivity index (χ4v) is 6.55. The summed E-state index contributed by atoms with van der Waals surface area (Å²) in [5.41, 5.74) is 14.3. The van der Waals surface area contributed by atoms with Crippen LogP contribution in [0.5, 0.6) is 5.75 Å². The van der Waals surface area contributed by atoms with Crippen molar-refractivity contribution in [3.8, 4) is 50.5 Å². The molecule has 3 aromatic carbocycles. The third-order valence-corrected chi connectivity index (χ3v) is 8.67. The lowest BCUT2D eigenvalue weighted by molar-refractivity contribution is 0.302. The first-order valence-corrected chi connectivity index (χ1v) is 14.6. The van der Waals surface area contributed by atoms with Gasteiger partial charge in [-0.3, -0.25) is 9.59 Å². The molecule has 2 atom stereocenters. The number of benzene rings is 3. The third-order valence-electron chi connectivity index (χ3n) is 7.33. The van der Waals surface area contributed by atoms with Gasteiger partial charge in [-0.25, -0.2) is 4.98 Å². The zero-order valence-electron chi connectivity index (χ0n) is 20.3. The van der Waals surface area contributed by atoms with E-state index in [0.29, 0.717) is 12.2 Å². The second-order valence-corrected chi connectivity index (χ2v) is 11.6. The van der Waals surface area contributed by atoms with Crippen LogP contribution in [-0.2, 0) is 29.0 Å². The summed E-state index contributed by atoms with van der Waals surface area (Å²) in [4.78, 5) is 32.8. The molecule has 8 heteroatoms. The van der Waals surface area contributed by atoms with Crippen LogP contribution in [0.15, 0.2) is 66.9 Å². The lowest BCUT2D eigenvalue weighted by atomic mass is 9.87. The Morgan fingerprint density at radius 2 is 1.47 bits per heavy atom. The number of nitrogens with zero attached hydrogens (tertiary/aromatic N) is 1. The normalized spacial score (nSPS) is 13.7. The molecule has 0 amide bonds. The number of hydrogen-bond acceptors (Lipinski definition) is 4. The van der Waals surface area contributed by atoms with Crippen molar-refractivity contribution in [3.63, 3.8) is 0 Å². The highest BCUT2D eigenvalue weighted by molar-refractivity contribution is 7.62. The maximum atomic E-state index is 11.0. The molecule has 0 saturated carbocycles. The molecule has 0 bridgehead atoms. The van der Waals surface area contributed by atoms with Crippen LogP contribution in [-0.4, -0.2) is 27.0 Å². The second kappa shape index (κ2) is 9.47. The van der Waals surface area contributed by atoms with Crippen molar-refractivity contribution in [3.05, 3.63) is 83.6 Å². The molecule has 1 aliphatic carbocycles. The maximum absolute atomic E-state index is 11.0. The summed E-state index contributed by atoms with van der Waals surface area (Å²) in [5.74, 6) is 0.891. The van der Waals surface area contributed by atoms with Gasteiger partial charge in [0.05, 0.1) is 11.9 Å². The van der Waals surface area contributed by atoms with Crippen molar-refractivity contribution < 1.29 is 14.3 Å². The molecule has 0 fully saturated rings. The van der Waals surface area contributed by atoms with Gasteiger partial charge in [0.1, 0.15) is 30.0 Å². The van der Waals surface area contributed by atoms with E-state index < -0.39 is 0 Å². The average molecular weight is 535 g/mol. The van der Waals surface area contributed by atoms with Gasteiger partial charge in [0, 0.05) is 30.8 Å². The van der Waals surface area contributed by atoms with Gasteiger partial charge in [0.2, 0.25) is 0 Å². The number of H-pyrrole nitrogens is 2. The van der Waals surface area contributed by atoms with Crippen LogP contribution >= 0.6 is 17.2 Å². The molecule has 2 unspecified atom stereocenters. The van der Waals surface area contributed by atoms with E-state index in [1.54, 1.807) is 6.20 Å². The number of carbonyl (C=O) groups is 2. The Bertz CT molecular complexity index is 1740. The van der Waals surface area contributed by atoms with E-state index in [4.69, 9.17) is 4.74 Å². The molecule has 1 aliphatic heterocycles. The summed E-state index contributed by atoms with van der Waals surface area (Å²) in [6.07, 6.45) is 3.74. The monoisotopic (exact) mass is 535 g/mol. The van der Waals surface area contributed by atoms with E-state index in [1.165, 1.54) is 27.8 Å². The van der Waals surface area contributed by atoms with Crippen molar-refractivity contribution in [2.75, 3.05) is 0 Å². The standard InChI is InChI=1S/C30H23N3O3P2/c34-15-37-28-12-21-2-1-19-9-17(3-7-24(19)29(21)33-28)18-4-8-25-23-6-5-20(10-22(23)14-36-27(25)11-18)26-13-31-30(32-26)38-16-35/h3-13,15-16,33,37-38H,1-2,14H2,(H,31,32). The van der Waals surface area contributed by atoms with Gasteiger partial charge in [-0.2, -0.15) is 0 Å². The summed E-state index contributed by atoms with van der Waals surface area (Å²) in [7, 11) is 0.198. The summed E-state index contributed by atoms with van der Waals surface area (Å²) >= 11 is 0. The SMILES string of the molecule is O=CPc1cc2c([nH]1)-c1ccc(-c3ccc4c(c3)OCc3cc(-c5cnc(PC=O)[nH]5)ccc3-4)cc1CC2. The first-order valence-electron chi connectivity index (χ1n) is 12.4.